The number of anilines is 2. The van der Waals surface area contributed by atoms with Crippen LogP contribution in [0.4, 0.5) is 11.5 Å². The molecule has 1 amide bonds. The number of aromatic nitrogens is 1. The van der Waals surface area contributed by atoms with Gasteiger partial charge in [0, 0.05) is 17.7 Å². The Morgan fingerprint density at radius 2 is 1.69 bits per heavy atom. The molecule has 3 N–H and O–H groups in total. The van der Waals surface area contributed by atoms with Crippen LogP contribution in [0, 0.1) is 0 Å². The Morgan fingerprint density at radius 1 is 1.00 bits per heavy atom. The summed E-state index contributed by atoms with van der Waals surface area (Å²) in [5, 5.41) is 2.81. The molecule has 0 spiro atoms. The number of nitrogens with one attached hydrogen (secondary N) is 1. The SMILES string of the molecule is CN(C)Cc1ccc(C(=O)Nc2nc(-c3ccccc3)ccc2N)cc1. The first-order valence-corrected chi connectivity index (χ1v) is 8.40. The molecule has 3 aromatic rings. The summed E-state index contributed by atoms with van der Waals surface area (Å²) in [6, 6.07) is 20.9. The summed E-state index contributed by atoms with van der Waals surface area (Å²) in [6.07, 6.45) is 0. The first kappa shape index (κ1) is 17.6. The fourth-order valence-corrected chi connectivity index (χ4v) is 2.65. The largest absolute Gasteiger partial charge is 0.396 e. The normalized spacial score (nSPS) is 10.7. The van der Waals surface area contributed by atoms with Crippen molar-refractivity contribution in [2.24, 2.45) is 0 Å². The van der Waals surface area contributed by atoms with Crippen LogP contribution in [0.3, 0.4) is 0 Å². The van der Waals surface area contributed by atoms with Crippen molar-refractivity contribution in [1.29, 1.82) is 0 Å². The third-order valence-corrected chi connectivity index (χ3v) is 3.94. The van der Waals surface area contributed by atoms with Gasteiger partial charge in [-0.1, -0.05) is 42.5 Å². The fourth-order valence-electron chi connectivity index (χ4n) is 2.65. The molecule has 5 nitrogen and oxygen atoms in total. The molecule has 0 saturated carbocycles. The van der Waals surface area contributed by atoms with E-state index in [2.05, 4.69) is 15.2 Å². The van der Waals surface area contributed by atoms with E-state index >= 15 is 0 Å². The zero-order valence-electron chi connectivity index (χ0n) is 14.9. The van der Waals surface area contributed by atoms with Crippen molar-refractivity contribution in [1.82, 2.24) is 9.88 Å². The van der Waals surface area contributed by atoms with Crippen LogP contribution in [-0.4, -0.2) is 29.9 Å². The molecule has 0 saturated heterocycles. The molecule has 5 heteroatoms. The minimum Gasteiger partial charge on any atom is -0.396 e. The maximum atomic E-state index is 12.5. The van der Waals surface area contributed by atoms with Gasteiger partial charge in [0.25, 0.3) is 5.91 Å². The van der Waals surface area contributed by atoms with E-state index in [1.54, 1.807) is 6.07 Å². The van der Waals surface area contributed by atoms with Crippen LogP contribution < -0.4 is 11.1 Å². The van der Waals surface area contributed by atoms with Crippen molar-refractivity contribution in [2.75, 3.05) is 25.1 Å². The zero-order valence-corrected chi connectivity index (χ0v) is 14.9. The molecule has 0 aliphatic carbocycles. The van der Waals surface area contributed by atoms with Crippen LogP contribution in [-0.2, 0) is 6.54 Å². The summed E-state index contributed by atoms with van der Waals surface area (Å²) in [4.78, 5) is 19.1. The van der Waals surface area contributed by atoms with E-state index in [0.717, 1.165) is 23.4 Å². The second-order valence-electron chi connectivity index (χ2n) is 6.39. The van der Waals surface area contributed by atoms with Gasteiger partial charge in [-0.05, 0) is 43.9 Å². The molecule has 0 bridgehead atoms. The summed E-state index contributed by atoms with van der Waals surface area (Å²) in [7, 11) is 4.02. The number of hydrogen-bond donors (Lipinski definition) is 2. The number of carbonyl (C=O) groups is 1. The molecule has 0 atom stereocenters. The Bertz CT molecular complexity index is 890. The fraction of sp³-hybridized carbons (Fsp3) is 0.143. The average molecular weight is 346 g/mol. The molecule has 0 aliphatic heterocycles. The number of rotatable bonds is 5. The van der Waals surface area contributed by atoms with Crippen molar-refractivity contribution in [3.63, 3.8) is 0 Å². The van der Waals surface area contributed by atoms with E-state index in [1.807, 2.05) is 74.8 Å². The summed E-state index contributed by atoms with van der Waals surface area (Å²) in [5.41, 5.74) is 9.87. The van der Waals surface area contributed by atoms with Crippen molar-refractivity contribution < 1.29 is 4.79 Å². The second kappa shape index (κ2) is 7.80. The van der Waals surface area contributed by atoms with E-state index < -0.39 is 0 Å². The van der Waals surface area contributed by atoms with Gasteiger partial charge in [0.1, 0.15) is 0 Å². The molecule has 0 aliphatic rings. The lowest BCUT2D eigenvalue weighted by atomic mass is 10.1. The monoisotopic (exact) mass is 346 g/mol. The number of hydrogen-bond acceptors (Lipinski definition) is 4. The molecule has 0 unspecified atom stereocenters. The molecular weight excluding hydrogens is 324 g/mol. The van der Waals surface area contributed by atoms with Gasteiger partial charge >= 0.3 is 0 Å². The van der Waals surface area contributed by atoms with Gasteiger partial charge in [-0.3, -0.25) is 4.79 Å². The molecule has 26 heavy (non-hydrogen) atoms. The van der Waals surface area contributed by atoms with E-state index in [1.165, 1.54) is 0 Å². The lowest BCUT2D eigenvalue weighted by Gasteiger charge is -2.11. The van der Waals surface area contributed by atoms with Crippen LogP contribution in [0.15, 0.2) is 66.7 Å². The average Bonchev–Trinajstić information content (AvgIpc) is 2.64. The number of amides is 1. The standard InChI is InChI=1S/C21H22N4O/c1-25(2)14-15-8-10-17(11-9-15)21(26)24-20-18(22)12-13-19(23-20)16-6-4-3-5-7-16/h3-13H,14,22H2,1-2H3,(H,23,24,26). The van der Waals surface area contributed by atoms with E-state index in [9.17, 15) is 4.79 Å². The Kier molecular flexibility index (Phi) is 5.29. The third kappa shape index (κ3) is 4.26. The highest BCUT2D eigenvalue weighted by atomic mass is 16.1. The topological polar surface area (TPSA) is 71.2 Å². The molecular formula is C21H22N4O. The lowest BCUT2D eigenvalue weighted by Crippen LogP contribution is -2.15. The summed E-state index contributed by atoms with van der Waals surface area (Å²) in [5.74, 6) is 0.138. The number of nitrogens with zero attached hydrogens (tertiary/aromatic N) is 2. The van der Waals surface area contributed by atoms with E-state index in [0.29, 0.717) is 17.1 Å². The Balaban J connectivity index is 1.78. The molecule has 3 rings (SSSR count). The van der Waals surface area contributed by atoms with Crippen LogP contribution in [0.5, 0.6) is 0 Å². The first-order chi connectivity index (χ1) is 12.5. The van der Waals surface area contributed by atoms with E-state index in [4.69, 9.17) is 5.73 Å². The Morgan fingerprint density at radius 3 is 2.35 bits per heavy atom. The molecule has 0 fully saturated rings. The summed E-state index contributed by atoms with van der Waals surface area (Å²) >= 11 is 0. The van der Waals surface area contributed by atoms with Gasteiger partial charge in [0.2, 0.25) is 0 Å². The van der Waals surface area contributed by atoms with Crippen LogP contribution in [0.25, 0.3) is 11.3 Å². The van der Waals surface area contributed by atoms with Gasteiger partial charge in [-0.25, -0.2) is 4.98 Å². The number of nitrogens with two attached hydrogens (primary N) is 1. The van der Waals surface area contributed by atoms with Crippen LogP contribution in [0.2, 0.25) is 0 Å². The van der Waals surface area contributed by atoms with E-state index in [-0.39, 0.29) is 5.91 Å². The molecule has 2 aromatic carbocycles. The summed E-state index contributed by atoms with van der Waals surface area (Å²) in [6.45, 7) is 0.829. The number of carbonyl (C=O) groups excluding carboxylic acids is 1. The molecule has 132 valence electrons. The third-order valence-electron chi connectivity index (χ3n) is 3.94. The maximum Gasteiger partial charge on any atom is 0.256 e. The van der Waals surface area contributed by atoms with Crippen molar-refractivity contribution >= 4 is 17.4 Å². The van der Waals surface area contributed by atoms with Gasteiger partial charge in [0.15, 0.2) is 5.82 Å². The van der Waals surface area contributed by atoms with Crippen LogP contribution >= 0.6 is 0 Å². The Hall–Kier alpha value is -3.18. The Labute approximate surface area is 153 Å². The van der Waals surface area contributed by atoms with Crippen molar-refractivity contribution in [2.45, 2.75) is 6.54 Å². The maximum absolute atomic E-state index is 12.5. The number of nitrogen functional groups attached to an aromatic ring is 1. The predicted molar refractivity (Wildman–Crippen MR) is 106 cm³/mol. The van der Waals surface area contributed by atoms with Crippen molar-refractivity contribution in [3.8, 4) is 11.3 Å². The minimum absolute atomic E-state index is 0.231. The summed E-state index contributed by atoms with van der Waals surface area (Å²) < 4.78 is 0. The first-order valence-electron chi connectivity index (χ1n) is 8.40. The molecule has 1 heterocycles. The smallest absolute Gasteiger partial charge is 0.256 e. The highest BCUT2D eigenvalue weighted by molar-refractivity contribution is 6.05. The molecule has 1 aromatic heterocycles. The predicted octanol–water partition coefficient (Wildman–Crippen LogP) is 3.64. The lowest BCUT2D eigenvalue weighted by molar-refractivity contribution is 0.102. The van der Waals surface area contributed by atoms with Gasteiger partial charge in [-0.2, -0.15) is 0 Å². The molecule has 0 radical (unpaired) electrons. The van der Waals surface area contributed by atoms with Crippen molar-refractivity contribution in [3.05, 3.63) is 77.9 Å². The zero-order chi connectivity index (χ0) is 18.5. The highest BCUT2D eigenvalue weighted by Gasteiger charge is 2.11. The van der Waals surface area contributed by atoms with Crippen LogP contribution in [0.1, 0.15) is 15.9 Å². The number of pyridine rings is 1. The van der Waals surface area contributed by atoms with Gasteiger partial charge < -0.3 is 16.0 Å². The van der Waals surface area contributed by atoms with Gasteiger partial charge in [0.05, 0.1) is 11.4 Å². The minimum atomic E-state index is -0.231. The highest BCUT2D eigenvalue weighted by Crippen LogP contribution is 2.23. The number of benzene rings is 2. The second-order valence-corrected chi connectivity index (χ2v) is 6.39. The quantitative estimate of drug-likeness (QED) is 0.740. The van der Waals surface area contributed by atoms with Gasteiger partial charge in [-0.15, -0.1) is 0 Å².